The molecule has 1 aliphatic rings. The average molecular weight is 246 g/mol. The summed E-state index contributed by atoms with van der Waals surface area (Å²) in [6.07, 6.45) is 0.904. The largest absolute Gasteiger partial charge is 0.315 e. The van der Waals surface area contributed by atoms with E-state index < -0.39 is 10.8 Å². The van der Waals surface area contributed by atoms with Crippen molar-refractivity contribution in [3.63, 3.8) is 0 Å². The Kier molecular flexibility index (Phi) is 3.33. The Morgan fingerprint density at radius 1 is 1.60 bits per heavy atom. The SMILES string of the molecule is Cc1cc(Cl)nc([S@](=O)[C@H]2CCNC2)n1. The predicted molar refractivity (Wildman–Crippen MR) is 59.5 cm³/mol. The van der Waals surface area contributed by atoms with Crippen LogP contribution >= 0.6 is 11.6 Å². The summed E-state index contributed by atoms with van der Waals surface area (Å²) in [5, 5.41) is 4.00. The highest BCUT2D eigenvalue weighted by Gasteiger charge is 2.24. The van der Waals surface area contributed by atoms with Crippen LogP contribution in [0, 0.1) is 6.92 Å². The zero-order valence-corrected chi connectivity index (χ0v) is 9.94. The molecule has 0 spiro atoms. The lowest BCUT2D eigenvalue weighted by molar-refractivity contribution is 0.663. The summed E-state index contributed by atoms with van der Waals surface area (Å²) in [5.41, 5.74) is 0.754. The molecule has 0 aliphatic carbocycles. The van der Waals surface area contributed by atoms with Gasteiger partial charge in [0.05, 0.1) is 16.0 Å². The highest BCUT2D eigenvalue weighted by atomic mass is 35.5. The van der Waals surface area contributed by atoms with Gasteiger partial charge < -0.3 is 5.32 Å². The highest BCUT2D eigenvalue weighted by Crippen LogP contribution is 2.15. The van der Waals surface area contributed by atoms with E-state index >= 15 is 0 Å². The number of nitrogens with one attached hydrogen (secondary N) is 1. The van der Waals surface area contributed by atoms with Gasteiger partial charge in [0.1, 0.15) is 5.15 Å². The minimum absolute atomic E-state index is 0.114. The number of aromatic nitrogens is 2. The predicted octanol–water partition coefficient (Wildman–Crippen LogP) is 0.908. The van der Waals surface area contributed by atoms with Gasteiger partial charge in [-0.3, -0.25) is 4.21 Å². The minimum Gasteiger partial charge on any atom is -0.315 e. The Morgan fingerprint density at radius 2 is 2.40 bits per heavy atom. The van der Waals surface area contributed by atoms with Gasteiger partial charge in [-0.05, 0) is 26.0 Å². The molecule has 2 rings (SSSR count). The first kappa shape index (κ1) is 11.0. The summed E-state index contributed by atoms with van der Waals surface area (Å²) >= 11 is 5.80. The zero-order chi connectivity index (χ0) is 10.8. The van der Waals surface area contributed by atoms with E-state index in [2.05, 4.69) is 15.3 Å². The van der Waals surface area contributed by atoms with Gasteiger partial charge in [-0.1, -0.05) is 11.6 Å². The first-order chi connectivity index (χ1) is 7.16. The maximum atomic E-state index is 12.0. The second kappa shape index (κ2) is 4.55. The number of aryl methyl sites for hydroxylation is 1. The first-order valence-electron chi connectivity index (χ1n) is 4.79. The third-order valence-electron chi connectivity index (χ3n) is 2.30. The van der Waals surface area contributed by atoms with Crippen LogP contribution in [0.3, 0.4) is 0 Å². The van der Waals surface area contributed by atoms with Crippen molar-refractivity contribution in [2.24, 2.45) is 0 Å². The van der Waals surface area contributed by atoms with Gasteiger partial charge >= 0.3 is 0 Å². The fourth-order valence-electron chi connectivity index (χ4n) is 1.55. The van der Waals surface area contributed by atoms with Crippen LogP contribution in [0.5, 0.6) is 0 Å². The number of nitrogens with zero attached hydrogens (tertiary/aromatic N) is 2. The molecular weight excluding hydrogens is 234 g/mol. The van der Waals surface area contributed by atoms with Crippen molar-refractivity contribution in [2.45, 2.75) is 23.8 Å². The lowest BCUT2D eigenvalue weighted by atomic mass is 10.4. The summed E-state index contributed by atoms with van der Waals surface area (Å²) < 4.78 is 12.0. The van der Waals surface area contributed by atoms with Crippen molar-refractivity contribution in [1.82, 2.24) is 15.3 Å². The van der Waals surface area contributed by atoms with Crippen LogP contribution in [0.4, 0.5) is 0 Å². The lowest BCUT2D eigenvalue weighted by Gasteiger charge is -2.07. The summed E-state index contributed by atoms with van der Waals surface area (Å²) in [4.78, 5) is 8.16. The fourth-order valence-corrected chi connectivity index (χ4v) is 3.16. The Hall–Kier alpha value is -0.520. The van der Waals surface area contributed by atoms with E-state index in [1.54, 1.807) is 6.07 Å². The highest BCUT2D eigenvalue weighted by molar-refractivity contribution is 7.85. The zero-order valence-electron chi connectivity index (χ0n) is 8.36. The summed E-state index contributed by atoms with van der Waals surface area (Å²) in [7, 11) is -1.15. The molecule has 0 radical (unpaired) electrons. The van der Waals surface area contributed by atoms with Gasteiger partial charge in [-0.2, -0.15) is 0 Å². The van der Waals surface area contributed by atoms with Crippen molar-refractivity contribution in [1.29, 1.82) is 0 Å². The quantitative estimate of drug-likeness (QED) is 0.622. The van der Waals surface area contributed by atoms with Crippen LogP contribution in [0.1, 0.15) is 12.1 Å². The molecule has 6 heteroatoms. The topological polar surface area (TPSA) is 54.9 Å². The van der Waals surface area contributed by atoms with Crippen molar-refractivity contribution in [2.75, 3.05) is 13.1 Å². The smallest absolute Gasteiger partial charge is 0.220 e. The lowest BCUT2D eigenvalue weighted by Crippen LogP contribution is -2.20. The molecule has 1 aromatic rings. The van der Waals surface area contributed by atoms with Crippen LogP contribution in [-0.4, -0.2) is 32.5 Å². The van der Waals surface area contributed by atoms with Crippen LogP contribution in [0.15, 0.2) is 11.2 Å². The molecule has 4 nitrogen and oxygen atoms in total. The Balaban J connectivity index is 2.24. The molecule has 82 valence electrons. The summed E-state index contributed by atoms with van der Waals surface area (Å²) in [6, 6.07) is 1.66. The third kappa shape index (κ3) is 2.53. The Bertz CT molecular complexity index is 373. The normalized spacial score (nSPS) is 22.9. The molecule has 0 amide bonds. The van der Waals surface area contributed by atoms with Crippen LogP contribution in [0.25, 0.3) is 0 Å². The molecule has 0 bridgehead atoms. The standard InChI is InChI=1S/C9H12ClN3OS/c1-6-4-8(10)13-9(12-6)15(14)7-2-3-11-5-7/h4,7,11H,2-3,5H2,1H3/t7-,15+/m0/s1. The van der Waals surface area contributed by atoms with E-state index in [9.17, 15) is 4.21 Å². The second-order valence-corrected chi connectivity index (χ2v) is 5.54. The van der Waals surface area contributed by atoms with E-state index in [4.69, 9.17) is 11.6 Å². The van der Waals surface area contributed by atoms with Gasteiger partial charge in [0.25, 0.3) is 0 Å². The van der Waals surface area contributed by atoms with Crippen molar-refractivity contribution >= 4 is 22.4 Å². The molecule has 0 saturated carbocycles. The third-order valence-corrected chi connectivity index (χ3v) is 4.04. The summed E-state index contributed by atoms with van der Waals surface area (Å²) in [5.74, 6) is 0. The van der Waals surface area contributed by atoms with Crippen LogP contribution < -0.4 is 5.32 Å². The van der Waals surface area contributed by atoms with Gasteiger partial charge in [-0.15, -0.1) is 0 Å². The van der Waals surface area contributed by atoms with Crippen molar-refractivity contribution in [3.05, 3.63) is 16.9 Å². The molecule has 0 aromatic carbocycles. The van der Waals surface area contributed by atoms with Gasteiger partial charge in [-0.25, -0.2) is 9.97 Å². The summed E-state index contributed by atoms with van der Waals surface area (Å²) in [6.45, 7) is 3.50. The van der Waals surface area contributed by atoms with E-state index in [1.165, 1.54) is 0 Å². The maximum absolute atomic E-state index is 12.0. The van der Waals surface area contributed by atoms with Gasteiger partial charge in [0.2, 0.25) is 5.16 Å². The number of halogens is 1. The molecule has 0 unspecified atom stereocenters. The Labute approximate surface area is 95.9 Å². The maximum Gasteiger partial charge on any atom is 0.220 e. The molecule has 1 aliphatic heterocycles. The van der Waals surface area contributed by atoms with E-state index in [0.29, 0.717) is 10.3 Å². The molecule has 2 heterocycles. The van der Waals surface area contributed by atoms with Crippen molar-refractivity contribution < 1.29 is 4.21 Å². The van der Waals surface area contributed by atoms with Crippen LogP contribution in [0.2, 0.25) is 5.15 Å². The van der Waals surface area contributed by atoms with Gasteiger partial charge in [0.15, 0.2) is 0 Å². The van der Waals surface area contributed by atoms with Crippen molar-refractivity contribution in [3.8, 4) is 0 Å². The molecular formula is C9H12ClN3OS. The molecule has 1 fully saturated rings. The van der Waals surface area contributed by atoms with Crippen LogP contribution in [-0.2, 0) is 10.8 Å². The molecule has 1 aromatic heterocycles. The first-order valence-corrected chi connectivity index (χ1v) is 6.38. The monoisotopic (exact) mass is 245 g/mol. The molecule has 15 heavy (non-hydrogen) atoms. The van der Waals surface area contributed by atoms with E-state index in [1.807, 2.05) is 6.92 Å². The second-order valence-electron chi connectivity index (χ2n) is 3.53. The number of rotatable bonds is 2. The minimum atomic E-state index is -1.15. The van der Waals surface area contributed by atoms with E-state index in [-0.39, 0.29) is 5.25 Å². The van der Waals surface area contributed by atoms with Gasteiger partial charge in [0, 0.05) is 12.2 Å². The molecule has 1 saturated heterocycles. The number of hydrogen-bond donors (Lipinski definition) is 1. The Morgan fingerprint density at radius 3 is 3.00 bits per heavy atom. The fraction of sp³-hybridized carbons (Fsp3) is 0.556. The molecule has 2 atom stereocenters. The number of hydrogen-bond acceptors (Lipinski definition) is 4. The average Bonchev–Trinajstić information content (AvgIpc) is 2.67. The van der Waals surface area contributed by atoms with E-state index in [0.717, 1.165) is 25.2 Å². The molecule has 1 N–H and O–H groups in total.